The van der Waals surface area contributed by atoms with E-state index in [1.165, 1.54) is 6.07 Å². The van der Waals surface area contributed by atoms with Gasteiger partial charge >= 0.3 is 0 Å². The molecule has 2 nitrogen and oxygen atoms in total. The van der Waals surface area contributed by atoms with Crippen molar-refractivity contribution in [2.75, 3.05) is 5.73 Å². The van der Waals surface area contributed by atoms with Crippen LogP contribution in [0.15, 0.2) is 12.1 Å². The summed E-state index contributed by atoms with van der Waals surface area (Å²) < 4.78 is 12.7. The molecule has 0 aliphatic carbocycles. The van der Waals surface area contributed by atoms with Crippen molar-refractivity contribution in [2.24, 2.45) is 0 Å². The zero-order chi connectivity index (χ0) is 8.43. The molecule has 0 bridgehead atoms. The Morgan fingerprint density at radius 3 is 2.64 bits per heavy atom. The third-order valence-corrected chi connectivity index (χ3v) is 1.25. The molecule has 0 aliphatic rings. The SMILES string of the molecule is [B]c1cc(N)c(C#N)c(F)c1. The molecule has 0 atom stereocenters. The molecule has 1 aromatic carbocycles. The van der Waals surface area contributed by atoms with E-state index in [2.05, 4.69) is 0 Å². The molecule has 0 spiro atoms. The minimum absolute atomic E-state index is 0.0741. The van der Waals surface area contributed by atoms with E-state index < -0.39 is 5.82 Å². The monoisotopic (exact) mass is 146 g/mol. The van der Waals surface area contributed by atoms with Gasteiger partial charge in [0.2, 0.25) is 0 Å². The smallest absolute Gasteiger partial charge is 0.142 e. The summed E-state index contributed by atoms with van der Waals surface area (Å²) >= 11 is 0. The Morgan fingerprint density at radius 1 is 1.55 bits per heavy atom. The fourth-order valence-corrected chi connectivity index (χ4v) is 0.768. The lowest BCUT2D eigenvalue weighted by molar-refractivity contribution is 0.626. The number of rotatable bonds is 0. The summed E-state index contributed by atoms with van der Waals surface area (Å²) in [5.74, 6) is -0.676. The molecule has 0 heterocycles. The van der Waals surface area contributed by atoms with Gasteiger partial charge in [0.25, 0.3) is 0 Å². The first kappa shape index (κ1) is 7.61. The van der Waals surface area contributed by atoms with Crippen LogP contribution in [0.4, 0.5) is 10.1 Å². The number of nitrogens with zero attached hydrogens (tertiary/aromatic N) is 1. The van der Waals surface area contributed by atoms with Crippen molar-refractivity contribution >= 4 is 19.0 Å². The Balaban J connectivity index is 3.40. The molecular weight excluding hydrogens is 142 g/mol. The van der Waals surface area contributed by atoms with Crippen LogP contribution in [0.5, 0.6) is 0 Å². The quantitative estimate of drug-likeness (QED) is 0.416. The number of benzene rings is 1. The van der Waals surface area contributed by atoms with Gasteiger partial charge in [-0.15, -0.1) is 0 Å². The van der Waals surface area contributed by atoms with Gasteiger partial charge in [0.15, 0.2) is 0 Å². The number of nitriles is 1. The fraction of sp³-hybridized carbons (Fsp3) is 0. The van der Waals surface area contributed by atoms with Crippen LogP contribution in [-0.4, -0.2) is 7.85 Å². The number of nitrogens with two attached hydrogens (primary N) is 1. The minimum atomic E-state index is -0.676. The Labute approximate surface area is 64.8 Å². The fourth-order valence-electron chi connectivity index (χ4n) is 0.768. The van der Waals surface area contributed by atoms with E-state index in [0.29, 0.717) is 0 Å². The van der Waals surface area contributed by atoms with Crippen LogP contribution in [0.1, 0.15) is 5.56 Å². The van der Waals surface area contributed by atoms with Crippen LogP contribution >= 0.6 is 0 Å². The second-order valence-corrected chi connectivity index (χ2v) is 2.08. The number of hydrogen-bond acceptors (Lipinski definition) is 2. The minimum Gasteiger partial charge on any atom is -0.398 e. The maximum Gasteiger partial charge on any atom is 0.142 e. The summed E-state index contributed by atoms with van der Waals surface area (Å²) in [7, 11) is 5.25. The summed E-state index contributed by atoms with van der Waals surface area (Å²) in [6.45, 7) is 0. The summed E-state index contributed by atoms with van der Waals surface area (Å²) in [6, 6.07) is 4.05. The Bertz CT molecular complexity index is 307. The van der Waals surface area contributed by atoms with E-state index in [0.717, 1.165) is 6.07 Å². The zero-order valence-corrected chi connectivity index (χ0v) is 5.63. The lowest BCUT2D eigenvalue weighted by Gasteiger charge is -1.99. The van der Waals surface area contributed by atoms with Crippen LogP contribution in [0.25, 0.3) is 0 Å². The van der Waals surface area contributed by atoms with Crippen molar-refractivity contribution < 1.29 is 4.39 Å². The van der Waals surface area contributed by atoms with Crippen LogP contribution in [0.2, 0.25) is 0 Å². The van der Waals surface area contributed by atoms with Crippen molar-refractivity contribution in [3.8, 4) is 6.07 Å². The maximum absolute atomic E-state index is 12.7. The van der Waals surface area contributed by atoms with Crippen molar-refractivity contribution in [2.45, 2.75) is 0 Å². The van der Waals surface area contributed by atoms with Crippen molar-refractivity contribution in [1.82, 2.24) is 0 Å². The molecule has 2 N–H and O–H groups in total. The Hall–Kier alpha value is -1.50. The van der Waals surface area contributed by atoms with E-state index in [-0.39, 0.29) is 16.7 Å². The lowest BCUT2D eigenvalue weighted by Crippen LogP contribution is -2.07. The zero-order valence-electron chi connectivity index (χ0n) is 5.63. The molecule has 2 radical (unpaired) electrons. The molecule has 1 rings (SSSR count). The molecule has 0 unspecified atom stereocenters. The first-order valence-electron chi connectivity index (χ1n) is 2.89. The molecule has 0 aliphatic heterocycles. The largest absolute Gasteiger partial charge is 0.398 e. The van der Waals surface area contributed by atoms with Gasteiger partial charge in [-0.3, -0.25) is 0 Å². The summed E-state index contributed by atoms with van der Waals surface area (Å²) in [4.78, 5) is 0. The average molecular weight is 146 g/mol. The third kappa shape index (κ3) is 1.32. The standard InChI is InChI=1S/C7H4BFN2/c8-4-1-6(9)5(3-10)7(11)2-4/h1-2H,11H2. The third-order valence-electron chi connectivity index (χ3n) is 1.25. The topological polar surface area (TPSA) is 49.8 Å². The van der Waals surface area contributed by atoms with Crippen LogP contribution < -0.4 is 11.2 Å². The first-order valence-corrected chi connectivity index (χ1v) is 2.89. The molecule has 0 fully saturated rings. The van der Waals surface area contributed by atoms with Crippen molar-refractivity contribution in [3.63, 3.8) is 0 Å². The highest BCUT2D eigenvalue weighted by Crippen LogP contribution is 2.11. The summed E-state index contributed by atoms with van der Waals surface area (Å²) in [5.41, 5.74) is 5.43. The van der Waals surface area contributed by atoms with Crippen LogP contribution in [0.3, 0.4) is 0 Å². The second kappa shape index (κ2) is 2.63. The normalized spacial score (nSPS) is 9.09. The predicted octanol–water partition coefficient (Wildman–Crippen LogP) is 0.0734. The first-order chi connectivity index (χ1) is 5.15. The van der Waals surface area contributed by atoms with Crippen LogP contribution in [-0.2, 0) is 0 Å². The average Bonchev–Trinajstić information content (AvgIpc) is 1.85. The van der Waals surface area contributed by atoms with Gasteiger partial charge in [-0.2, -0.15) is 5.26 Å². The summed E-state index contributed by atoms with van der Waals surface area (Å²) in [6.07, 6.45) is 0. The summed E-state index contributed by atoms with van der Waals surface area (Å²) in [5, 5.41) is 8.38. The van der Waals surface area contributed by atoms with E-state index in [4.69, 9.17) is 18.8 Å². The highest BCUT2D eigenvalue weighted by molar-refractivity contribution is 6.32. The van der Waals surface area contributed by atoms with Gasteiger partial charge < -0.3 is 5.73 Å². The number of hydrogen-bond donors (Lipinski definition) is 1. The Morgan fingerprint density at radius 2 is 2.18 bits per heavy atom. The molecule has 4 heteroatoms. The predicted molar refractivity (Wildman–Crippen MR) is 40.9 cm³/mol. The maximum atomic E-state index is 12.7. The van der Waals surface area contributed by atoms with E-state index in [9.17, 15) is 4.39 Å². The lowest BCUT2D eigenvalue weighted by atomic mass is 9.94. The van der Waals surface area contributed by atoms with Gasteiger partial charge in [0.05, 0.1) is 5.69 Å². The number of halogens is 1. The molecule has 0 aromatic heterocycles. The molecular formula is C7H4BFN2. The number of nitrogen functional groups attached to an aromatic ring is 1. The van der Waals surface area contributed by atoms with E-state index in [1.54, 1.807) is 6.07 Å². The molecule has 52 valence electrons. The molecule has 11 heavy (non-hydrogen) atoms. The Kier molecular flexibility index (Phi) is 1.82. The van der Waals surface area contributed by atoms with Crippen molar-refractivity contribution in [3.05, 3.63) is 23.5 Å². The molecule has 0 amide bonds. The van der Waals surface area contributed by atoms with E-state index >= 15 is 0 Å². The highest BCUT2D eigenvalue weighted by atomic mass is 19.1. The highest BCUT2D eigenvalue weighted by Gasteiger charge is 2.04. The number of anilines is 1. The van der Waals surface area contributed by atoms with Gasteiger partial charge in [-0.25, -0.2) is 4.39 Å². The molecule has 0 saturated carbocycles. The van der Waals surface area contributed by atoms with E-state index in [1.807, 2.05) is 0 Å². The second-order valence-electron chi connectivity index (χ2n) is 2.08. The van der Waals surface area contributed by atoms with Gasteiger partial charge in [-0.05, 0) is 12.1 Å². The van der Waals surface area contributed by atoms with Crippen LogP contribution in [0, 0.1) is 17.1 Å². The molecule has 1 aromatic rings. The van der Waals surface area contributed by atoms with Gasteiger partial charge in [0, 0.05) is 0 Å². The molecule has 0 saturated heterocycles. The van der Waals surface area contributed by atoms with Crippen molar-refractivity contribution in [1.29, 1.82) is 5.26 Å². The van der Waals surface area contributed by atoms with Gasteiger partial charge in [0.1, 0.15) is 25.3 Å². The van der Waals surface area contributed by atoms with Gasteiger partial charge in [-0.1, -0.05) is 5.46 Å².